The van der Waals surface area contributed by atoms with Crippen molar-refractivity contribution in [2.24, 2.45) is 5.92 Å². The van der Waals surface area contributed by atoms with Gasteiger partial charge in [-0.25, -0.2) is 0 Å². The highest BCUT2D eigenvalue weighted by molar-refractivity contribution is 7.98. The average Bonchev–Trinajstić information content (AvgIpc) is 2.40. The smallest absolute Gasteiger partial charge is 0.220 e. The summed E-state index contributed by atoms with van der Waals surface area (Å²) in [5.74, 6) is 1.90. The van der Waals surface area contributed by atoms with Crippen LogP contribution in [0.25, 0.3) is 0 Å². The second kappa shape index (κ2) is 9.68. The van der Waals surface area contributed by atoms with Gasteiger partial charge in [0.2, 0.25) is 5.91 Å². The Morgan fingerprint density at radius 1 is 1.39 bits per heavy atom. The molecule has 0 spiro atoms. The molecule has 18 heavy (non-hydrogen) atoms. The molecule has 0 aromatic heterocycles. The number of methoxy groups -OCH3 is 1. The van der Waals surface area contributed by atoms with Crippen molar-refractivity contribution < 1.29 is 9.53 Å². The minimum Gasteiger partial charge on any atom is -0.380 e. The van der Waals surface area contributed by atoms with Crippen LogP contribution in [0.5, 0.6) is 0 Å². The van der Waals surface area contributed by atoms with Crippen molar-refractivity contribution in [3.63, 3.8) is 0 Å². The third kappa shape index (κ3) is 6.64. The summed E-state index contributed by atoms with van der Waals surface area (Å²) >= 11 is 1.82. The molecule has 0 aromatic carbocycles. The summed E-state index contributed by atoms with van der Waals surface area (Å²) < 4.78 is 5.36. The largest absolute Gasteiger partial charge is 0.380 e. The number of carbonyl (C=O) groups is 1. The van der Waals surface area contributed by atoms with Gasteiger partial charge in [-0.1, -0.05) is 19.3 Å². The standard InChI is InChI=1S/C14H27NO2S/c1-17-13(8-9-18-2)11-15-14(16)10-12-6-4-3-5-7-12/h12-13H,3-11H2,1-2H3,(H,15,16). The van der Waals surface area contributed by atoms with Gasteiger partial charge in [0.05, 0.1) is 6.10 Å². The van der Waals surface area contributed by atoms with Crippen molar-refractivity contribution in [3.8, 4) is 0 Å². The van der Waals surface area contributed by atoms with Crippen LogP contribution in [-0.2, 0) is 9.53 Å². The fourth-order valence-corrected chi connectivity index (χ4v) is 3.00. The molecule has 1 saturated carbocycles. The van der Waals surface area contributed by atoms with Crippen LogP contribution in [0.15, 0.2) is 0 Å². The molecular formula is C14H27NO2S. The third-order valence-corrected chi connectivity index (χ3v) is 4.35. The van der Waals surface area contributed by atoms with Gasteiger partial charge in [-0.3, -0.25) is 4.79 Å². The number of ether oxygens (including phenoxy) is 1. The predicted molar refractivity (Wildman–Crippen MR) is 78.0 cm³/mol. The summed E-state index contributed by atoms with van der Waals surface area (Å²) in [6.07, 6.45) is 10.4. The van der Waals surface area contributed by atoms with Crippen LogP contribution in [0.2, 0.25) is 0 Å². The first-order chi connectivity index (χ1) is 8.76. The molecule has 1 atom stereocenters. The molecule has 3 nitrogen and oxygen atoms in total. The molecular weight excluding hydrogens is 246 g/mol. The number of thioether (sulfide) groups is 1. The molecule has 0 aliphatic heterocycles. The van der Waals surface area contributed by atoms with E-state index in [0.29, 0.717) is 18.9 Å². The molecule has 1 unspecified atom stereocenters. The Labute approximate surface area is 115 Å². The van der Waals surface area contributed by atoms with Gasteiger partial charge in [-0.2, -0.15) is 11.8 Å². The Kier molecular flexibility index (Phi) is 8.51. The van der Waals surface area contributed by atoms with Crippen molar-refractivity contribution in [2.45, 2.75) is 51.0 Å². The summed E-state index contributed by atoms with van der Waals surface area (Å²) in [6.45, 7) is 0.655. The lowest BCUT2D eigenvalue weighted by Crippen LogP contribution is -2.34. The minimum atomic E-state index is 0.160. The maximum absolute atomic E-state index is 11.8. The summed E-state index contributed by atoms with van der Waals surface area (Å²) in [7, 11) is 1.72. The molecule has 0 bridgehead atoms. The Morgan fingerprint density at radius 2 is 2.11 bits per heavy atom. The Hall–Kier alpha value is -0.220. The zero-order chi connectivity index (χ0) is 13.2. The van der Waals surface area contributed by atoms with Crippen LogP contribution in [0.3, 0.4) is 0 Å². The summed E-state index contributed by atoms with van der Waals surface area (Å²) in [6, 6.07) is 0. The van der Waals surface area contributed by atoms with Crippen molar-refractivity contribution in [1.29, 1.82) is 0 Å². The zero-order valence-corrected chi connectivity index (χ0v) is 12.6. The highest BCUT2D eigenvalue weighted by atomic mass is 32.2. The van der Waals surface area contributed by atoms with Crippen molar-refractivity contribution in [1.82, 2.24) is 5.32 Å². The molecule has 1 aliphatic rings. The number of rotatable bonds is 8. The molecule has 0 radical (unpaired) electrons. The molecule has 0 heterocycles. The Balaban J connectivity index is 2.14. The van der Waals surface area contributed by atoms with E-state index in [1.807, 2.05) is 11.8 Å². The molecule has 1 aliphatic carbocycles. The molecule has 106 valence electrons. The molecule has 1 amide bonds. The average molecular weight is 273 g/mol. The fraction of sp³-hybridized carbons (Fsp3) is 0.929. The van der Waals surface area contributed by atoms with Crippen molar-refractivity contribution in [3.05, 3.63) is 0 Å². The van der Waals surface area contributed by atoms with E-state index in [1.165, 1.54) is 32.1 Å². The van der Waals surface area contributed by atoms with Gasteiger partial charge < -0.3 is 10.1 Å². The summed E-state index contributed by atoms with van der Waals surface area (Å²) in [5, 5.41) is 3.02. The number of carbonyl (C=O) groups excluding carboxylic acids is 1. The maximum Gasteiger partial charge on any atom is 0.220 e. The molecule has 4 heteroatoms. The van der Waals surface area contributed by atoms with E-state index in [2.05, 4.69) is 11.6 Å². The first-order valence-electron chi connectivity index (χ1n) is 7.04. The second-order valence-electron chi connectivity index (χ2n) is 5.15. The van der Waals surface area contributed by atoms with Gasteiger partial charge in [0.25, 0.3) is 0 Å². The molecule has 1 N–H and O–H groups in total. The van der Waals surface area contributed by atoms with Gasteiger partial charge in [0, 0.05) is 20.1 Å². The van der Waals surface area contributed by atoms with Gasteiger partial charge in [0.15, 0.2) is 0 Å². The van der Waals surface area contributed by atoms with E-state index < -0.39 is 0 Å². The lowest BCUT2D eigenvalue weighted by molar-refractivity contribution is -0.122. The first kappa shape index (κ1) is 15.8. The van der Waals surface area contributed by atoms with E-state index in [-0.39, 0.29) is 12.0 Å². The summed E-state index contributed by atoms with van der Waals surface area (Å²) in [5.41, 5.74) is 0. The topological polar surface area (TPSA) is 38.3 Å². The number of hydrogen-bond donors (Lipinski definition) is 1. The van der Waals surface area contributed by atoms with Gasteiger partial charge in [-0.15, -0.1) is 0 Å². The van der Waals surface area contributed by atoms with Crippen LogP contribution >= 0.6 is 11.8 Å². The quantitative estimate of drug-likeness (QED) is 0.739. The van der Waals surface area contributed by atoms with Crippen LogP contribution < -0.4 is 5.32 Å². The van der Waals surface area contributed by atoms with E-state index in [9.17, 15) is 4.79 Å². The molecule has 0 aromatic rings. The van der Waals surface area contributed by atoms with E-state index >= 15 is 0 Å². The maximum atomic E-state index is 11.8. The second-order valence-corrected chi connectivity index (χ2v) is 6.14. The van der Waals surface area contributed by atoms with Crippen molar-refractivity contribution >= 4 is 17.7 Å². The number of nitrogens with one attached hydrogen (secondary N) is 1. The molecule has 1 fully saturated rings. The fourth-order valence-electron chi connectivity index (χ4n) is 2.51. The van der Waals surface area contributed by atoms with Gasteiger partial charge >= 0.3 is 0 Å². The van der Waals surface area contributed by atoms with Gasteiger partial charge in [0.1, 0.15) is 0 Å². The predicted octanol–water partition coefficient (Wildman–Crippen LogP) is 2.84. The van der Waals surface area contributed by atoms with E-state index in [4.69, 9.17) is 4.74 Å². The minimum absolute atomic E-state index is 0.160. The highest BCUT2D eigenvalue weighted by Gasteiger charge is 2.17. The van der Waals surface area contributed by atoms with E-state index in [1.54, 1.807) is 7.11 Å². The normalized spacial score (nSPS) is 18.6. The number of hydrogen-bond acceptors (Lipinski definition) is 3. The molecule has 0 saturated heterocycles. The number of amides is 1. The van der Waals surface area contributed by atoms with E-state index in [0.717, 1.165) is 12.2 Å². The first-order valence-corrected chi connectivity index (χ1v) is 8.44. The highest BCUT2D eigenvalue weighted by Crippen LogP contribution is 2.25. The van der Waals surface area contributed by atoms with Crippen LogP contribution in [-0.4, -0.2) is 37.7 Å². The zero-order valence-electron chi connectivity index (χ0n) is 11.7. The van der Waals surface area contributed by atoms with Crippen molar-refractivity contribution in [2.75, 3.05) is 25.7 Å². The Bertz CT molecular complexity index is 230. The van der Waals surface area contributed by atoms with Crippen LogP contribution in [0.4, 0.5) is 0 Å². The monoisotopic (exact) mass is 273 g/mol. The van der Waals surface area contributed by atoms with Gasteiger partial charge in [-0.05, 0) is 37.2 Å². The SMILES string of the molecule is COC(CCSC)CNC(=O)CC1CCCCC1. The Morgan fingerprint density at radius 3 is 2.72 bits per heavy atom. The third-order valence-electron chi connectivity index (χ3n) is 3.70. The summed E-state index contributed by atoms with van der Waals surface area (Å²) in [4.78, 5) is 11.8. The lowest BCUT2D eigenvalue weighted by atomic mass is 9.87. The van der Waals surface area contributed by atoms with Crippen LogP contribution in [0, 0.1) is 5.92 Å². The van der Waals surface area contributed by atoms with Crippen LogP contribution in [0.1, 0.15) is 44.9 Å². The molecule has 1 rings (SSSR count). The lowest BCUT2D eigenvalue weighted by Gasteiger charge is -2.21.